The van der Waals surface area contributed by atoms with Crippen LogP contribution in [0.25, 0.3) is 0 Å². The van der Waals surface area contributed by atoms with E-state index in [1.54, 1.807) is 55.6 Å². The Hall–Kier alpha value is -2.00. The summed E-state index contributed by atoms with van der Waals surface area (Å²) in [7, 11) is -2.38. The first-order chi connectivity index (χ1) is 14.0. The second kappa shape index (κ2) is 10.2. The van der Waals surface area contributed by atoms with Gasteiger partial charge in [-0.15, -0.1) is 0 Å². The first-order valence-corrected chi connectivity index (χ1v) is 11.7. The predicted octanol–water partition coefficient (Wildman–Crippen LogP) is 5.39. The second-order valence-electron chi connectivity index (χ2n) is 5.86. The van der Waals surface area contributed by atoms with E-state index >= 15 is 0 Å². The zero-order chi connectivity index (χ0) is 20.7. The van der Waals surface area contributed by atoms with Crippen LogP contribution in [0.5, 0.6) is 11.5 Å². The SMILES string of the molecule is COCCOc1ccc(Sc2ccc(Br)cc2S(=O)(=O)Oc2ccccc2)cc1. The molecule has 0 heterocycles. The smallest absolute Gasteiger partial charge is 0.340 e. The van der Waals surface area contributed by atoms with Crippen LogP contribution in [0.2, 0.25) is 0 Å². The number of rotatable bonds is 9. The molecule has 29 heavy (non-hydrogen) atoms. The highest BCUT2D eigenvalue weighted by Crippen LogP contribution is 2.36. The summed E-state index contributed by atoms with van der Waals surface area (Å²) in [5.41, 5.74) is 0. The van der Waals surface area contributed by atoms with Crippen molar-refractivity contribution in [2.75, 3.05) is 20.3 Å². The van der Waals surface area contributed by atoms with Crippen molar-refractivity contribution in [3.63, 3.8) is 0 Å². The molecular formula is C21H19BrO5S2. The number of hydrogen-bond acceptors (Lipinski definition) is 6. The summed E-state index contributed by atoms with van der Waals surface area (Å²) >= 11 is 4.68. The van der Waals surface area contributed by atoms with Gasteiger partial charge in [-0.1, -0.05) is 45.9 Å². The van der Waals surface area contributed by atoms with Gasteiger partial charge in [-0.3, -0.25) is 0 Å². The van der Waals surface area contributed by atoms with E-state index in [9.17, 15) is 8.42 Å². The van der Waals surface area contributed by atoms with E-state index in [0.717, 1.165) is 10.6 Å². The van der Waals surface area contributed by atoms with Crippen LogP contribution in [-0.4, -0.2) is 28.7 Å². The lowest BCUT2D eigenvalue weighted by Crippen LogP contribution is -2.11. The maximum atomic E-state index is 12.9. The Morgan fingerprint density at radius 1 is 0.897 bits per heavy atom. The molecule has 8 heteroatoms. The lowest BCUT2D eigenvalue weighted by Gasteiger charge is -2.12. The minimum Gasteiger partial charge on any atom is -0.491 e. The van der Waals surface area contributed by atoms with E-state index in [1.807, 2.05) is 24.3 Å². The number of methoxy groups -OCH3 is 1. The van der Waals surface area contributed by atoms with Crippen molar-refractivity contribution in [1.29, 1.82) is 0 Å². The zero-order valence-corrected chi connectivity index (χ0v) is 18.8. The molecular weight excluding hydrogens is 476 g/mol. The average molecular weight is 495 g/mol. The summed E-state index contributed by atoms with van der Waals surface area (Å²) in [4.78, 5) is 1.54. The molecule has 0 aliphatic carbocycles. The third kappa shape index (κ3) is 6.24. The van der Waals surface area contributed by atoms with Crippen LogP contribution in [0.3, 0.4) is 0 Å². The van der Waals surface area contributed by atoms with Crippen LogP contribution in [0.4, 0.5) is 0 Å². The van der Waals surface area contributed by atoms with Crippen LogP contribution in [0.1, 0.15) is 0 Å². The van der Waals surface area contributed by atoms with Gasteiger partial charge in [-0.05, 0) is 54.6 Å². The molecule has 3 aromatic carbocycles. The zero-order valence-electron chi connectivity index (χ0n) is 15.6. The van der Waals surface area contributed by atoms with E-state index in [0.29, 0.717) is 22.6 Å². The van der Waals surface area contributed by atoms with Crippen LogP contribution in [-0.2, 0) is 14.9 Å². The summed E-state index contributed by atoms with van der Waals surface area (Å²) in [6.45, 7) is 0.979. The van der Waals surface area contributed by atoms with Crippen molar-refractivity contribution in [1.82, 2.24) is 0 Å². The summed E-state index contributed by atoms with van der Waals surface area (Å²) in [6, 6.07) is 21.0. The summed E-state index contributed by atoms with van der Waals surface area (Å²) in [6.07, 6.45) is 0. The van der Waals surface area contributed by atoms with Gasteiger partial charge in [0, 0.05) is 21.4 Å². The number of benzene rings is 3. The topological polar surface area (TPSA) is 61.8 Å². The molecule has 5 nitrogen and oxygen atoms in total. The molecule has 0 spiro atoms. The Morgan fingerprint density at radius 3 is 2.31 bits per heavy atom. The Morgan fingerprint density at radius 2 is 1.62 bits per heavy atom. The molecule has 0 aliphatic rings. The van der Waals surface area contributed by atoms with Crippen molar-refractivity contribution in [3.8, 4) is 11.5 Å². The predicted molar refractivity (Wildman–Crippen MR) is 116 cm³/mol. The minimum atomic E-state index is -4.00. The van der Waals surface area contributed by atoms with Crippen LogP contribution < -0.4 is 8.92 Å². The molecule has 0 unspecified atom stereocenters. The summed E-state index contributed by atoms with van der Waals surface area (Å²) in [5, 5.41) is 0. The van der Waals surface area contributed by atoms with Gasteiger partial charge in [0.25, 0.3) is 0 Å². The summed E-state index contributed by atoms with van der Waals surface area (Å²) in [5.74, 6) is 0.989. The van der Waals surface area contributed by atoms with E-state index in [4.69, 9.17) is 13.7 Å². The molecule has 0 bridgehead atoms. The molecule has 0 N–H and O–H groups in total. The maximum absolute atomic E-state index is 12.9. The summed E-state index contributed by atoms with van der Waals surface area (Å²) < 4.78 is 42.2. The molecule has 3 aromatic rings. The van der Waals surface area contributed by atoms with Gasteiger partial charge in [0.1, 0.15) is 23.0 Å². The Kier molecular flexibility index (Phi) is 7.60. The van der Waals surface area contributed by atoms with Crippen LogP contribution in [0, 0.1) is 0 Å². The first-order valence-electron chi connectivity index (χ1n) is 8.67. The second-order valence-corrected chi connectivity index (χ2v) is 9.40. The van der Waals surface area contributed by atoms with Gasteiger partial charge >= 0.3 is 10.1 Å². The Balaban J connectivity index is 1.82. The van der Waals surface area contributed by atoms with Crippen molar-refractivity contribution in [2.45, 2.75) is 14.7 Å². The molecule has 152 valence electrons. The lowest BCUT2D eigenvalue weighted by atomic mass is 10.3. The van der Waals surface area contributed by atoms with Gasteiger partial charge in [-0.2, -0.15) is 8.42 Å². The molecule has 0 amide bonds. The van der Waals surface area contributed by atoms with Crippen molar-refractivity contribution < 1.29 is 22.1 Å². The van der Waals surface area contributed by atoms with Gasteiger partial charge in [0.2, 0.25) is 0 Å². The average Bonchev–Trinajstić information content (AvgIpc) is 2.71. The third-order valence-corrected chi connectivity index (χ3v) is 6.73. The van der Waals surface area contributed by atoms with E-state index < -0.39 is 10.1 Å². The van der Waals surface area contributed by atoms with Crippen LogP contribution in [0.15, 0.2) is 92.0 Å². The number of para-hydroxylation sites is 1. The highest BCUT2D eigenvalue weighted by molar-refractivity contribution is 9.10. The number of halogens is 1. The Labute approximate surface area is 183 Å². The molecule has 3 rings (SSSR count). The molecule has 0 saturated carbocycles. The fourth-order valence-electron chi connectivity index (χ4n) is 2.38. The van der Waals surface area contributed by atoms with Crippen LogP contribution >= 0.6 is 27.7 Å². The monoisotopic (exact) mass is 494 g/mol. The number of ether oxygens (including phenoxy) is 2. The molecule has 0 saturated heterocycles. The standard InChI is InChI=1S/C21H19BrO5S2/c1-25-13-14-26-17-8-10-19(11-9-17)28-20-12-7-16(22)15-21(20)29(23,24)27-18-5-3-2-4-6-18/h2-12,15H,13-14H2,1H3. The highest BCUT2D eigenvalue weighted by atomic mass is 79.9. The van der Waals surface area contributed by atoms with Gasteiger partial charge in [0.05, 0.1) is 6.61 Å². The van der Waals surface area contributed by atoms with Crippen molar-refractivity contribution in [2.24, 2.45) is 0 Å². The third-order valence-electron chi connectivity index (χ3n) is 3.73. The van der Waals surface area contributed by atoms with Gasteiger partial charge in [-0.25, -0.2) is 0 Å². The lowest BCUT2D eigenvalue weighted by molar-refractivity contribution is 0.146. The van der Waals surface area contributed by atoms with Gasteiger partial charge < -0.3 is 13.7 Å². The molecule has 0 fully saturated rings. The van der Waals surface area contributed by atoms with E-state index in [1.165, 1.54) is 11.8 Å². The Bertz CT molecular complexity index is 1040. The largest absolute Gasteiger partial charge is 0.491 e. The fraction of sp³-hybridized carbons (Fsp3) is 0.143. The molecule has 0 radical (unpaired) electrons. The quantitative estimate of drug-likeness (QED) is 0.293. The van der Waals surface area contributed by atoms with E-state index in [-0.39, 0.29) is 10.6 Å². The minimum absolute atomic E-state index is 0.0983. The van der Waals surface area contributed by atoms with Gasteiger partial charge in [0.15, 0.2) is 0 Å². The molecule has 0 aromatic heterocycles. The normalized spacial score (nSPS) is 11.2. The van der Waals surface area contributed by atoms with Crippen molar-refractivity contribution >= 4 is 37.8 Å². The highest BCUT2D eigenvalue weighted by Gasteiger charge is 2.22. The fourth-order valence-corrected chi connectivity index (χ4v) is 5.19. The molecule has 0 aliphatic heterocycles. The van der Waals surface area contributed by atoms with E-state index in [2.05, 4.69) is 15.9 Å². The molecule has 0 atom stereocenters. The maximum Gasteiger partial charge on any atom is 0.340 e. The van der Waals surface area contributed by atoms with Crippen molar-refractivity contribution in [3.05, 3.63) is 77.3 Å². The number of hydrogen-bond donors (Lipinski definition) is 0. The first kappa shape index (κ1) is 21.7.